The van der Waals surface area contributed by atoms with Gasteiger partial charge in [0.1, 0.15) is 5.01 Å². The molecule has 0 spiro atoms. The maximum Gasteiger partial charge on any atom is 0.187 e. The lowest BCUT2D eigenvalue weighted by Crippen LogP contribution is -1.89. The van der Waals surface area contributed by atoms with E-state index in [1.165, 1.54) is 41.5 Å². The molecule has 0 saturated carbocycles. The van der Waals surface area contributed by atoms with Crippen LogP contribution in [0.2, 0.25) is 0 Å². The molecule has 5 heteroatoms. The van der Waals surface area contributed by atoms with E-state index >= 15 is 0 Å². The molecule has 2 aromatic heterocycles. The second-order valence-electron chi connectivity index (χ2n) is 7.23. The molecule has 0 amide bonds. The summed E-state index contributed by atoms with van der Waals surface area (Å²) in [6.07, 6.45) is 8.98. The van der Waals surface area contributed by atoms with Crippen molar-refractivity contribution in [3.05, 3.63) is 60.4 Å². The number of aromatic nitrogens is 3. The standard InChI is InChI=1S/C24H25N3S2/c1-3-4-5-6-13-28-24-25-15-20(16-26-24)19-11-12-21-22(14-19)29-23(27-21)18-9-7-17(2)8-10-18/h7-12,14-16H,3-6,13H2,1-2H3. The minimum atomic E-state index is 0.866. The van der Waals surface area contributed by atoms with Gasteiger partial charge in [0.2, 0.25) is 0 Å². The summed E-state index contributed by atoms with van der Waals surface area (Å²) in [5.41, 5.74) is 5.65. The van der Waals surface area contributed by atoms with Crippen LogP contribution < -0.4 is 0 Å². The molecule has 4 rings (SSSR count). The molecular formula is C24H25N3S2. The lowest BCUT2D eigenvalue weighted by molar-refractivity contribution is 0.706. The number of fused-ring (bicyclic) bond motifs is 1. The van der Waals surface area contributed by atoms with Crippen LogP contribution >= 0.6 is 23.1 Å². The Morgan fingerprint density at radius 2 is 1.62 bits per heavy atom. The van der Waals surface area contributed by atoms with Crippen molar-refractivity contribution >= 4 is 33.3 Å². The average Bonchev–Trinajstić information content (AvgIpc) is 3.18. The van der Waals surface area contributed by atoms with Gasteiger partial charge < -0.3 is 0 Å². The van der Waals surface area contributed by atoms with Gasteiger partial charge in [-0.25, -0.2) is 15.0 Å². The molecule has 2 aromatic carbocycles. The third-order valence-corrected chi connectivity index (χ3v) is 6.91. The summed E-state index contributed by atoms with van der Waals surface area (Å²) in [5, 5.41) is 1.92. The summed E-state index contributed by atoms with van der Waals surface area (Å²) in [5.74, 6) is 1.09. The fourth-order valence-corrected chi connectivity index (χ4v) is 4.95. The van der Waals surface area contributed by atoms with Gasteiger partial charge in [-0.3, -0.25) is 0 Å². The number of thioether (sulfide) groups is 1. The maximum atomic E-state index is 4.80. The second kappa shape index (κ2) is 9.51. The fourth-order valence-electron chi connectivity index (χ4n) is 3.16. The van der Waals surface area contributed by atoms with Crippen LogP contribution in [0.3, 0.4) is 0 Å². The van der Waals surface area contributed by atoms with E-state index in [9.17, 15) is 0 Å². The van der Waals surface area contributed by atoms with E-state index in [-0.39, 0.29) is 0 Å². The van der Waals surface area contributed by atoms with Gasteiger partial charge in [-0.15, -0.1) is 11.3 Å². The molecule has 0 aliphatic rings. The van der Waals surface area contributed by atoms with Crippen molar-refractivity contribution in [3.63, 3.8) is 0 Å². The highest BCUT2D eigenvalue weighted by molar-refractivity contribution is 7.99. The zero-order chi connectivity index (χ0) is 20.1. The molecule has 0 N–H and O–H groups in total. The third kappa shape index (κ3) is 5.03. The Morgan fingerprint density at radius 1 is 0.862 bits per heavy atom. The van der Waals surface area contributed by atoms with Gasteiger partial charge >= 0.3 is 0 Å². The highest BCUT2D eigenvalue weighted by Crippen LogP contribution is 2.33. The molecule has 2 heterocycles. The molecule has 0 fully saturated rings. The third-order valence-electron chi connectivity index (χ3n) is 4.88. The second-order valence-corrected chi connectivity index (χ2v) is 9.32. The van der Waals surface area contributed by atoms with E-state index < -0.39 is 0 Å². The molecular weight excluding hydrogens is 394 g/mol. The van der Waals surface area contributed by atoms with E-state index in [0.717, 1.165) is 32.6 Å². The Labute approximate surface area is 180 Å². The first-order valence-electron chi connectivity index (χ1n) is 10.2. The van der Waals surface area contributed by atoms with Crippen molar-refractivity contribution in [1.29, 1.82) is 0 Å². The molecule has 4 aromatic rings. The molecule has 0 atom stereocenters. The van der Waals surface area contributed by atoms with Crippen LogP contribution in [0.5, 0.6) is 0 Å². The summed E-state index contributed by atoms with van der Waals surface area (Å²) < 4.78 is 1.19. The first-order valence-corrected chi connectivity index (χ1v) is 12.0. The van der Waals surface area contributed by atoms with Crippen molar-refractivity contribution in [3.8, 4) is 21.7 Å². The smallest absolute Gasteiger partial charge is 0.187 e. The predicted molar refractivity (Wildman–Crippen MR) is 126 cm³/mol. The molecule has 148 valence electrons. The van der Waals surface area contributed by atoms with E-state index in [0.29, 0.717) is 0 Å². The van der Waals surface area contributed by atoms with E-state index in [1.54, 1.807) is 23.1 Å². The number of rotatable bonds is 8. The van der Waals surface area contributed by atoms with Crippen LogP contribution in [0.15, 0.2) is 60.0 Å². The van der Waals surface area contributed by atoms with E-state index in [1.807, 2.05) is 12.4 Å². The topological polar surface area (TPSA) is 38.7 Å². The molecule has 0 unspecified atom stereocenters. The molecule has 0 saturated heterocycles. The summed E-state index contributed by atoms with van der Waals surface area (Å²) in [4.78, 5) is 13.9. The fraction of sp³-hybridized carbons (Fsp3) is 0.292. The molecule has 0 bridgehead atoms. The van der Waals surface area contributed by atoms with Gasteiger partial charge in [-0.2, -0.15) is 0 Å². The average molecular weight is 420 g/mol. The van der Waals surface area contributed by atoms with Gasteiger partial charge in [0, 0.05) is 29.3 Å². The summed E-state index contributed by atoms with van der Waals surface area (Å²) in [6.45, 7) is 4.34. The van der Waals surface area contributed by atoms with Crippen molar-refractivity contribution in [1.82, 2.24) is 15.0 Å². The molecule has 0 aliphatic heterocycles. The number of nitrogens with zero attached hydrogens (tertiary/aromatic N) is 3. The summed E-state index contributed by atoms with van der Waals surface area (Å²) >= 11 is 3.48. The zero-order valence-corrected chi connectivity index (χ0v) is 18.5. The van der Waals surface area contributed by atoms with E-state index in [2.05, 4.69) is 66.3 Å². The lowest BCUT2D eigenvalue weighted by atomic mass is 10.1. The Kier molecular flexibility index (Phi) is 6.57. The minimum Gasteiger partial charge on any atom is -0.236 e. The van der Waals surface area contributed by atoms with Crippen LogP contribution in [-0.2, 0) is 0 Å². The summed E-state index contributed by atoms with van der Waals surface area (Å²) in [6, 6.07) is 14.9. The SMILES string of the molecule is CCCCCCSc1ncc(-c2ccc3nc(-c4ccc(C)cc4)sc3c2)cn1. The Hall–Kier alpha value is -2.24. The first kappa shape index (κ1) is 20.0. The molecule has 0 radical (unpaired) electrons. The zero-order valence-electron chi connectivity index (χ0n) is 16.9. The van der Waals surface area contributed by atoms with Crippen molar-refractivity contribution < 1.29 is 0 Å². The van der Waals surface area contributed by atoms with Gasteiger partial charge in [0.05, 0.1) is 10.2 Å². The highest BCUT2D eigenvalue weighted by Gasteiger charge is 2.09. The minimum absolute atomic E-state index is 0.866. The van der Waals surface area contributed by atoms with Crippen LogP contribution in [-0.4, -0.2) is 20.7 Å². The number of aryl methyl sites for hydroxylation is 1. The Balaban J connectivity index is 1.48. The highest BCUT2D eigenvalue weighted by atomic mass is 32.2. The van der Waals surface area contributed by atoms with Crippen molar-refractivity contribution in [2.24, 2.45) is 0 Å². The first-order chi connectivity index (χ1) is 14.2. The largest absolute Gasteiger partial charge is 0.236 e. The lowest BCUT2D eigenvalue weighted by Gasteiger charge is -2.03. The van der Waals surface area contributed by atoms with Gasteiger partial charge in [0.15, 0.2) is 5.16 Å². The van der Waals surface area contributed by atoms with Crippen LogP contribution in [0.4, 0.5) is 0 Å². The molecule has 3 nitrogen and oxygen atoms in total. The van der Waals surface area contributed by atoms with E-state index in [4.69, 9.17) is 4.98 Å². The number of hydrogen-bond acceptors (Lipinski definition) is 5. The van der Waals surface area contributed by atoms with Gasteiger partial charge in [-0.1, -0.05) is 73.8 Å². The van der Waals surface area contributed by atoms with Crippen LogP contribution in [0.25, 0.3) is 31.9 Å². The van der Waals surface area contributed by atoms with Crippen molar-refractivity contribution in [2.45, 2.75) is 44.7 Å². The Bertz CT molecular complexity index is 1070. The quantitative estimate of drug-likeness (QED) is 0.169. The molecule has 29 heavy (non-hydrogen) atoms. The van der Waals surface area contributed by atoms with Gasteiger partial charge in [0.25, 0.3) is 0 Å². The van der Waals surface area contributed by atoms with Crippen molar-refractivity contribution in [2.75, 3.05) is 5.75 Å². The number of benzene rings is 2. The maximum absolute atomic E-state index is 4.80. The van der Waals surface area contributed by atoms with Crippen LogP contribution in [0.1, 0.15) is 38.2 Å². The molecule has 0 aliphatic carbocycles. The Morgan fingerprint density at radius 3 is 2.38 bits per heavy atom. The number of hydrogen-bond donors (Lipinski definition) is 0. The number of thiazole rings is 1. The predicted octanol–water partition coefficient (Wildman–Crippen LogP) is 7.40. The monoisotopic (exact) mass is 419 g/mol. The normalized spacial score (nSPS) is 11.2. The van der Waals surface area contributed by atoms with Gasteiger partial charge in [-0.05, 0) is 31.0 Å². The van der Waals surface area contributed by atoms with Crippen LogP contribution in [0, 0.1) is 6.92 Å². The summed E-state index contributed by atoms with van der Waals surface area (Å²) in [7, 11) is 0. The number of unbranched alkanes of at least 4 members (excludes halogenated alkanes) is 3.